The predicted octanol–water partition coefficient (Wildman–Crippen LogP) is 2.98. The van der Waals surface area contributed by atoms with Crippen LogP contribution < -0.4 is 0 Å². The molecule has 1 amide bonds. The molecule has 2 aliphatic rings. The van der Waals surface area contributed by atoms with Crippen molar-refractivity contribution >= 4 is 17.2 Å². The van der Waals surface area contributed by atoms with Gasteiger partial charge in [0.2, 0.25) is 5.82 Å². The van der Waals surface area contributed by atoms with E-state index in [4.69, 9.17) is 0 Å². The van der Waals surface area contributed by atoms with Gasteiger partial charge in [0.15, 0.2) is 5.82 Å². The van der Waals surface area contributed by atoms with Crippen molar-refractivity contribution < 1.29 is 14.3 Å². The zero-order valence-corrected chi connectivity index (χ0v) is 15.8. The second-order valence-corrected chi connectivity index (χ2v) is 8.35. The van der Waals surface area contributed by atoms with Crippen molar-refractivity contribution in [1.82, 2.24) is 19.7 Å². The van der Waals surface area contributed by atoms with E-state index in [9.17, 15) is 14.3 Å². The molecule has 2 aromatic heterocycles. The van der Waals surface area contributed by atoms with E-state index in [1.807, 2.05) is 17.5 Å². The van der Waals surface area contributed by atoms with Crippen molar-refractivity contribution in [3.05, 3.63) is 53.4 Å². The van der Waals surface area contributed by atoms with Gasteiger partial charge in [-0.2, -0.15) is 0 Å². The molecule has 144 valence electrons. The highest BCUT2D eigenvalue weighted by Gasteiger charge is 2.44. The first kappa shape index (κ1) is 17.5. The minimum Gasteiger partial charge on any atom is -0.393 e. The lowest BCUT2D eigenvalue weighted by Gasteiger charge is -2.16. The fourth-order valence-electron chi connectivity index (χ4n) is 4.27. The second kappa shape index (κ2) is 6.79. The van der Waals surface area contributed by atoms with Crippen molar-refractivity contribution in [3.8, 4) is 16.4 Å². The molecular weight excluding hydrogens is 379 g/mol. The summed E-state index contributed by atoms with van der Waals surface area (Å²) in [6.45, 7) is 1.18. The van der Waals surface area contributed by atoms with Crippen molar-refractivity contribution in [3.63, 3.8) is 0 Å². The molecule has 1 aliphatic carbocycles. The molecule has 3 heterocycles. The van der Waals surface area contributed by atoms with Crippen LogP contribution in [0.15, 0.2) is 41.8 Å². The Morgan fingerprint density at radius 3 is 2.71 bits per heavy atom. The van der Waals surface area contributed by atoms with E-state index >= 15 is 0 Å². The number of aromatic nitrogens is 3. The summed E-state index contributed by atoms with van der Waals surface area (Å²) >= 11 is 1.50. The van der Waals surface area contributed by atoms with Gasteiger partial charge in [0.05, 0.1) is 16.7 Å². The lowest BCUT2D eigenvalue weighted by Crippen LogP contribution is -2.31. The van der Waals surface area contributed by atoms with E-state index in [0.717, 1.165) is 17.7 Å². The molecule has 0 spiro atoms. The number of halogens is 1. The summed E-state index contributed by atoms with van der Waals surface area (Å²) < 4.78 is 14.9. The zero-order chi connectivity index (χ0) is 19.3. The molecule has 1 saturated heterocycles. The third-order valence-corrected chi connectivity index (χ3v) is 6.58. The fourth-order valence-corrected chi connectivity index (χ4v) is 4.97. The number of aliphatic hydroxyl groups excluding tert-OH is 1. The number of likely N-dealkylation sites (tertiary alicyclic amines) is 1. The maximum absolute atomic E-state index is 13.3. The van der Waals surface area contributed by atoms with Crippen LogP contribution in [0.4, 0.5) is 4.39 Å². The summed E-state index contributed by atoms with van der Waals surface area (Å²) in [6.07, 6.45) is 1.44. The Morgan fingerprint density at radius 2 is 2.00 bits per heavy atom. The second-order valence-electron chi connectivity index (χ2n) is 7.40. The zero-order valence-electron chi connectivity index (χ0n) is 15.0. The van der Waals surface area contributed by atoms with E-state index < -0.39 is 0 Å². The highest BCUT2D eigenvalue weighted by molar-refractivity contribution is 7.13. The van der Waals surface area contributed by atoms with Gasteiger partial charge in [0.1, 0.15) is 5.82 Å². The van der Waals surface area contributed by atoms with Crippen LogP contribution in [0, 0.1) is 17.7 Å². The third-order valence-electron chi connectivity index (χ3n) is 5.72. The summed E-state index contributed by atoms with van der Waals surface area (Å²) in [5, 5.41) is 16.5. The van der Waals surface area contributed by atoms with Crippen LogP contribution in [-0.4, -0.2) is 49.9 Å². The number of hydrogen-bond acceptors (Lipinski definition) is 5. The number of benzene rings is 1. The molecule has 2 fully saturated rings. The Hall–Kier alpha value is -2.58. The van der Waals surface area contributed by atoms with Crippen molar-refractivity contribution in [2.24, 2.45) is 11.8 Å². The fraction of sp³-hybridized carbons (Fsp3) is 0.350. The molecule has 6 nitrogen and oxygen atoms in total. The van der Waals surface area contributed by atoms with Gasteiger partial charge in [-0.3, -0.25) is 4.79 Å². The van der Waals surface area contributed by atoms with Crippen LogP contribution >= 0.6 is 11.3 Å². The summed E-state index contributed by atoms with van der Waals surface area (Å²) in [5.41, 5.74) is 0.644. The first-order valence-electron chi connectivity index (χ1n) is 9.34. The molecule has 1 N–H and O–H groups in total. The largest absolute Gasteiger partial charge is 0.393 e. The SMILES string of the molecule is O=C(c1nc(-c2cccs2)n(-c2ccc(F)cc2)n1)N1CC2CCC(O)C2C1. The summed E-state index contributed by atoms with van der Waals surface area (Å²) in [5.74, 6) is 0.640. The lowest BCUT2D eigenvalue weighted by atomic mass is 10.00. The van der Waals surface area contributed by atoms with Gasteiger partial charge in [0, 0.05) is 19.0 Å². The summed E-state index contributed by atoms with van der Waals surface area (Å²) in [7, 11) is 0. The predicted molar refractivity (Wildman–Crippen MR) is 103 cm³/mol. The highest BCUT2D eigenvalue weighted by atomic mass is 32.1. The van der Waals surface area contributed by atoms with Gasteiger partial charge < -0.3 is 10.0 Å². The third kappa shape index (κ3) is 2.93. The number of rotatable bonds is 3. The van der Waals surface area contributed by atoms with E-state index in [-0.39, 0.29) is 29.6 Å². The Labute approximate surface area is 165 Å². The van der Waals surface area contributed by atoms with Crippen LogP contribution in [0.1, 0.15) is 23.5 Å². The van der Waals surface area contributed by atoms with Gasteiger partial charge in [-0.1, -0.05) is 6.07 Å². The first-order chi connectivity index (χ1) is 13.6. The highest BCUT2D eigenvalue weighted by Crippen LogP contribution is 2.38. The molecule has 8 heteroatoms. The maximum atomic E-state index is 13.3. The van der Waals surface area contributed by atoms with Crippen LogP contribution in [-0.2, 0) is 0 Å². The van der Waals surface area contributed by atoms with Crippen LogP contribution in [0.3, 0.4) is 0 Å². The maximum Gasteiger partial charge on any atom is 0.293 e. The lowest BCUT2D eigenvalue weighted by molar-refractivity contribution is 0.0740. The molecule has 1 aromatic carbocycles. The molecule has 0 bridgehead atoms. The van der Waals surface area contributed by atoms with Crippen LogP contribution in [0.5, 0.6) is 0 Å². The molecule has 0 radical (unpaired) electrons. The molecular formula is C20H19FN4O2S. The van der Waals surface area contributed by atoms with E-state index in [1.165, 1.54) is 23.5 Å². The smallest absolute Gasteiger partial charge is 0.293 e. The molecule has 5 rings (SSSR count). The van der Waals surface area contributed by atoms with Gasteiger partial charge in [0.25, 0.3) is 5.91 Å². The molecule has 1 saturated carbocycles. The number of nitrogens with zero attached hydrogens (tertiary/aromatic N) is 4. The molecule has 28 heavy (non-hydrogen) atoms. The normalized spacial score (nSPS) is 23.9. The molecule has 1 aliphatic heterocycles. The molecule has 3 atom stereocenters. The number of carbonyl (C=O) groups is 1. The topological polar surface area (TPSA) is 71.2 Å². The molecule has 3 unspecified atom stereocenters. The van der Waals surface area contributed by atoms with E-state index in [1.54, 1.807) is 21.7 Å². The number of thiophene rings is 1. The van der Waals surface area contributed by atoms with E-state index in [2.05, 4.69) is 10.1 Å². The van der Waals surface area contributed by atoms with Crippen LogP contribution in [0.25, 0.3) is 16.4 Å². The number of amides is 1. The van der Waals surface area contributed by atoms with Crippen LogP contribution in [0.2, 0.25) is 0 Å². The number of carbonyl (C=O) groups excluding carboxylic acids is 1. The number of aliphatic hydroxyl groups is 1. The average molecular weight is 398 g/mol. The number of hydrogen-bond donors (Lipinski definition) is 1. The van der Waals surface area contributed by atoms with Crippen molar-refractivity contribution in [1.29, 1.82) is 0 Å². The summed E-state index contributed by atoms with van der Waals surface area (Å²) in [4.78, 5) is 20.2. The van der Waals surface area contributed by atoms with Gasteiger partial charge in [-0.05, 0) is 54.5 Å². The average Bonchev–Trinajstić information content (AvgIpc) is 3.47. The van der Waals surface area contributed by atoms with Gasteiger partial charge in [-0.25, -0.2) is 14.1 Å². The Balaban J connectivity index is 1.49. The van der Waals surface area contributed by atoms with Crippen molar-refractivity contribution in [2.45, 2.75) is 18.9 Å². The molecule has 3 aromatic rings. The van der Waals surface area contributed by atoms with Crippen molar-refractivity contribution in [2.75, 3.05) is 13.1 Å². The van der Waals surface area contributed by atoms with Gasteiger partial charge in [-0.15, -0.1) is 16.4 Å². The quantitative estimate of drug-likeness (QED) is 0.736. The Morgan fingerprint density at radius 1 is 1.18 bits per heavy atom. The standard InChI is InChI=1S/C20H19FN4O2S/c21-13-4-6-14(7-5-13)25-19(17-2-1-9-28-17)22-18(23-25)20(27)24-10-12-3-8-16(26)15(12)11-24/h1-2,4-7,9,12,15-16,26H,3,8,10-11H2. The van der Waals surface area contributed by atoms with Gasteiger partial charge >= 0.3 is 0 Å². The summed E-state index contributed by atoms with van der Waals surface area (Å²) in [6, 6.07) is 9.78. The Kier molecular flexibility index (Phi) is 4.25. The number of fused-ring (bicyclic) bond motifs is 1. The minimum atomic E-state index is -0.333. The monoisotopic (exact) mass is 398 g/mol. The first-order valence-corrected chi connectivity index (χ1v) is 10.2. The minimum absolute atomic E-state index is 0.127. The van der Waals surface area contributed by atoms with E-state index in [0.29, 0.717) is 30.5 Å². The Bertz CT molecular complexity index is 1000.